The van der Waals surface area contributed by atoms with Gasteiger partial charge in [-0.25, -0.2) is 0 Å². The summed E-state index contributed by atoms with van der Waals surface area (Å²) in [6, 6.07) is 17.9. The van der Waals surface area contributed by atoms with E-state index >= 15 is 0 Å². The van der Waals surface area contributed by atoms with Gasteiger partial charge in [0.05, 0.1) is 23.4 Å². The molecule has 2 aromatic carbocycles. The van der Waals surface area contributed by atoms with Gasteiger partial charge in [-0.15, -0.1) is 0 Å². The largest absolute Gasteiger partial charge is 0.342 e. The van der Waals surface area contributed by atoms with Crippen LogP contribution in [0.25, 0.3) is 0 Å². The Bertz CT molecular complexity index is 1080. The Kier molecular flexibility index (Phi) is 6.92. The van der Waals surface area contributed by atoms with Crippen molar-refractivity contribution in [1.29, 1.82) is 0 Å². The van der Waals surface area contributed by atoms with Crippen molar-refractivity contribution in [2.45, 2.75) is 45.4 Å². The first-order chi connectivity index (χ1) is 16.0. The number of aromatic amines is 1. The highest BCUT2D eigenvalue weighted by atomic mass is 16.2. The van der Waals surface area contributed by atoms with Crippen molar-refractivity contribution >= 4 is 17.5 Å². The number of aryl methyl sites for hydroxylation is 1. The van der Waals surface area contributed by atoms with Gasteiger partial charge in [-0.05, 0) is 51.3 Å². The highest BCUT2D eigenvalue weighted by Crippen LogP contribution is 2.31. The molecule has 1 fully saturated rings. The van der Waals surface area contributed by atoms with Crippen molar-refractivity contribution in [1.82, 2.24) is 15.1 Å². The van der Waals surface area contributed by atoms with Crippen LogP contribution < -0.4 is 4.90 Å². The van der Waals surface area contributed by atoms with E-state index < -0.39 is 0 Å². The molecule has 2 amide bonds. The summed E-state index contributed by atoms with van der Waals surface area (Å²) in [6.07, 6.45) is 3.26. The number of aromatic nitrogens is 2. The Morgan fingerprint density at radius 2 is 1.76 bits per heavy atom. The number of likely N-dealkylation sites (tertiary alicyclic amines) is 1. The summed E-state index contributed by atoms with van der Waals surface area (Å²) in [6.45, 7) is 7.95. The van der Waals surface area contributed by atoms with Crippen LogP contribution in [0.4, 0.5) is 5.69 Å². The molecule has 33 heavy (non-hydrogen) atoms. The lowest BCUT2D eigenvalue weighted by Crippen LogP contribution is -2.40. The number of nitrogens with zero attached hydrogens (tertiary/aromatic N) is 3. The van der Waals surface area contributed by atoms with Gasteiger partial charge in [0, 0.05) is 31.2 Å². The molecule has 0 radical (unpaired) electrons. The third-order valence-electron chi connectivity index (χ3n) is 6.69. The molecule has 1 aliphatic rings. The van der Waals surface area contributed by atoms with Crippen molar-refractivity contribution in [3.8, 4) is 0 Å². The zero-order valence-electron chi connectivity index (χ0n) is 19.6. The highest BCUT2D eigenvalue weighted by Gasteiger charge is 2.31. The molecular formula is C27H32N4O2. The number of amides is 2. The Morgan fingerprint density at radius 3 is 2.39 bits per heavy atom. The molecule has 3 aromatic rings. The van der Waals surface area contributed by atoms with Crippen molar-refractivity contribution in [3.05, 3.63) is 83.2 Å². The molecule has 0 saturated carbocycles. The molecule has 1 aliphatic heterocycles. The smallest absolute Gasteiger partial charge is 0.261 e. The maximum atomic E-state index is 13.3. The maximum absolute atomic E-state index is 13.3. The van der Waals surface area contributed by atoms with E-state index in [0.717, 1.165) is 29.8 Å². The van der Waals surface area contributed by atoms with Gasteiger partial charge >= 0.3 is 0 Å². The third kappa shape index (κ3) is 4.85. The fourth-order valence-electron chi connectivity index (χ4n) is 4.63. The van der Waals surface area contributed by atoms with E-state index in [-0.39, 0.29) is 23.7 Å². The van der Waals surface area contributed by atoms with Gasteiger partial charge < -0.3 is 9.80 Å². The fraction of sp³-hybridized carbons (Fsp3) is 0.370. The average Bonchev–Trinajstić information content (AvgIpc) is 3.35. The number of anilines is 1. The van der Waals surface area contributed by atoms with E-state index in [0.29, 0.717) is 25.2 Å². The van der Waals surface area contributed by atoms with Crippen LogP contribution >= 0.6 is 0 Å². The van der Waals surface area contributed by atoms with E-state index in [1.54, 1.807) is 11.1 Å². The van der Waals surface area contributed by atoms with Gasteiger partial charge in [0.2, 0.25) is 5.91 Å². The van der Waals surface area contributed by atoms with Crippen molar-refractivity contribution in [2.24, 2.45) is 0 Å². The van der Waals surface area contributed by atoms with Crippen LogP contribution in [-0.4, -0.2) is 46.5 Å². The summed E-state index contributed by atoms with van der Waals surface area (Å²) in [5.74, 6) is 0.147. The van der Waals surface area contributed by atoms with Crippen LogP contribution in [-0.2, 0) is 4.79 Å². The summed E-state index contributed by atoms with van der Waals surface area (Å²) >= 11 is 0. The number of hydrogen-bond acceptors (Lipinski definition) is 3. The van der Waals surface area contributed by atoms with Gasteiger partial charge in [-0.1, -0.05) is 48.0 Å². The van der Waals surface area contributed by atoms with Crippen molar-refractivity contribution in [3.63, 3.8) is 0 Å². The predicted molar refractivity (Wildman–Crippen MR) is 131 cm³/mol. The zero-order chi connectivity index (χ0) is 23.4. The van der Waals surface area contributed by atoms with E-state index in [4.69, 9.17) is 0 Å². The van der Waals surface area contributed by atoms with Gasteiger partial charge in [0.25, 0.3) is 5.91 Å². The standard InChI is InChI=1S/C27H32N4O2/c1-4-31(23-8-6-5-7-9-23)27(33)24-18-28-29-25(24)22-14-16-30(17-15-22)26(32)20(3)21-12-10-19(2)11-13-21/h5-13,18,20,22H,4,14-17H2,1-3H3,(H,28,29)/t20-/m1/s1. The summed E-state index contributed by atoms with van der Waals surface area (Å²) in [4.78, 5) is 30.2. The second kappa shape index (κ2) is 10.0. The molecule has 2 heterocycles. The van der Waals surface area contributed by atoms with E-state index in [2.05, 4.69) is 29.3 Å². The topological polar surface area (TPSA) is 69.3 Å². The number of benzene rings is 2. The van der Waals surface area contributed by atoms with Gasteiger partial charge in [0.15, 0.2) is 0 Å². The molecule has 1 aromatic heterocycles. The minimum atomic E-state index is -0.157. The van der Waals surface area contributed by atoms with Crippen LogP contribution in [0.1, 0.15) is 65.7 Å². The summed E-state index contributed by atoms with van der Waals surface area (Å²) in [7, 11) is 0. The molecular weight excluding hydrogens is 412 g/mol. The summed E-state index contributed by atoms with van der Waals surface area (Å²) < 4.78 is 0. The Morgan fingerprint density at radius 1 is 1.09 bits per heavy atom. The number of carbonyl (C=O) groups is 2. The molecule has 0 spiro atoms. The maximum Gasteiger partial charge on any atom is 0.261 e. The monoisotopic (exact) mass is 444 g/mol. The number of nitrogens with one attached hydrogen (secondary N) is 1. The molecule has 0 unspecified atom stereocenters. The first-order valence-corrected chi connectivity index (χ1v) is 11.7. The van der Waals surface area contributed by atoms with E-state index in [1.807, 2.05) is 61.2 Å². The minimum Gasteiger partial charge on any atom is -0.342 e. The Balaban J connectivity index is 1.43. The van der Waals surface area contributed by atoms with Crippen LogP contribution in [0.2, 0.25) is 0 Å². The van der Waals surface area contributed by atoms with E-state index in [9.17, 15) is 9.59 Å². The number of para-hydroxylation sites is 1. The van der Waals surface area contributed by atoms with Crippen LogP contribution in [0.5, 0.6) is 0 Å². The van der Waals surface area contributed by atoms with Gasteiger partial charge in [-0.3, -0.25) is 14.7 Å². The first kappa shape index (κ1) is 22.8. The van der Waals surface area contributed by atoms with Crippen molar-refractivity contribution in [2.75, 3.05) is 24.5 Å². The Labute approximate surface area is 195 Å². The number of rotatable bonds is 6. The lowest BCUT2D eigenvalue weighted by Gasteiger charge is -2.34. The molecule has 1 N–H and O–H groups in total. The number of hydrogen-bond donors (Lipinski definition) is 1. The Hall–Kier alpha value is -3.41. The first-order valence-electron chi connectivity index (χ1n) is 11.7. The molecule has 0 bridgehead atoms. The van der Waals surface area contributed by atoms with Gasteiger partial charge in [-0.2, -0.15) is 5.10 Å². The second-order valence-electron chi connectivity index (χ2n) is 8.81. The third-order valence-corrected chi connectivity index (χ3v) is 6.69. The molecule has 1 saturated heterocycles. The van der Waals surface area contributed by atoms with Crippen molar-refractivity contribution < 1.29 is 9.59 Å². The quantitative estimate of drug-likeness (QED) is 0.588. The molecule has 0 aliphatic carbocycles. The molecule has 6 heteroatoms. The van der Waals surface area contributed by atoms with Crippen LogP contribution in [0.15, 0.2) is 60.8 Å². The highest BCUT2D eigenvalue weighted by molar-refractivity contribution is 6.06. The average molecular weight is 445 g/mol. The van der Waals surface area contributed by atoms with E-state index in [1.165, 1.54) is 5.56 Å². The molecule has 1 atom stereocenters. The summed E-state index contributed by atoms with van der Waals surface area (Å²) in [5, 5.41) is 7.29. The molecule has 4 rings (SSSR count). The molecule has 6 nitrogen and oxygen atoms in total. The SMILES string of the molecule is CCN(C(=O)c1cn[nH]c1C1CCN(C(=O)[C@H](C)c2ccc(C)cc2)CC1)c1ccccc1. The molecule has 172 valence electrons. The lowest BCUT2D eigenvalue weighted by molar-refractivity contribution is -0.133. The normalized spacial score (nSPS) is 15.3. The van der Waals surface area contributed by atoms with Gasteiger partial charge in [0.1, 0.15) is 0 Å². The minimum absolute atomic E-state index is 0.0426. The second-order valence-corrected chi connectivity index (χ2v) is 8.81. The predicted octanol–water partition coefficient (Wildman–Crippen LogP) is 4.89. The number of carbonyl (C=O) groups excluding carboxylic acids is 2. The summed E-state index contributed by atoms with van der Waals surface area (Å²) in [5.41, 5.74) is 4.63. The number of piperidine rings is 1. The van der Waals surface area contributed by atoms with Crippen LogP contribution in [0, 0.1) is 6.92 Å². The fourth-order valence-corrected chi connectivity index (χ4v) is 4.63. The number of H-pyrrole nitrogens is 1. The lowest BCUT2D eigenvalue weighted by atomic mass is 9.90. The zero-order valence-corrected chi connectivity index (χ0v) is 19.6. The van der Waals surface area contributed by atoms with Crippen LogP contribution in [0.3, 0.4) is 0 Å².